The van der Waals surface area contributed by atoms with Gasteiger partial charge in [-0.15, -0.1) is 6.58 Å². The molecule has 272 valence electrons. The Bertz CT molecular complexity index is 1670. The molecule has 2 unspecified atom stereocenters. The molecule has 2 bridgehead atoms. The van der Waals surface area contributed by atoms with Gasteiger partial charge in [0.2, 0.25) is 21.9 Å². The molecule has 4 N–H and O–H groups in total. The number of likely N-dealkylation sites (tertiary alicyclic amines) is 1. The molecule has 1 aliphatic carbocycles. The number of nitrogens with one attached hydrogen (secondary N) is 1. The monoisotopic (exact) mass is 717 g/mol. The summed E-state index contributed by atoms with van der Waals surface area (Å²) in [4.78, 5) is 32.8. The van der Waals surface area contributed by atoms with Crippen LogP contribution in [0.3, 0.4) is 0 Å². The Morgan fingerprint density at radius 3 is 2.32 bits per heavy atom. The van der Waals surface area contributed by atoms with E-state index in [4.69, 9.17) is 5.14 Å². The number of fused-ring (bicyclic) bond motifs is 2. The van der Waals surface area contributed by atoms with Crippen LogP contribution >= 0.6 is 0 Å². The molecule has 4 atom stereocenters. The fourth-order valence-corrected chi connectivity index (χ4v) is 9.09. The van der Waals surface area contributed by atoms with Crippen molar-refractivity contribution in [2.24, 2.45) is 17.0 Å². The zero-order valence-corrected chi connectivity index (χ0v) is 28.8. The molecular formula is C36H46F3N5O5S. The number of β-amino-alcohol motifs (C(OH)–C–C–N with tert-alkyl or cyclic N) is 1. The fraction of sp³-hybridized carbons (Fsp3) is 0.556. The topological polar surface area (TPSA) is 136 Å². The number of carbonyl (C=O) groups is 2. The van der Waals surface area contributed by atoms with Crippen molar-refractivity contribution in [3.8, 4) is 0 Å². The molecule has 1 saturated carbocycles. The first-order chi connectivity index (χ1) is 23.7. The zero-order chi connectivity index (χ0) is 35.8. The highest BCUT2D eigenvalue weighted by Crippen LogP contribution is 2.44. The molecule has 3 saturated heterocycles. The highest BCUT2D eigenvalue weighted by Gasteiger charge is 2.53. The Hall–Kier alpha value is -3.46. The van der Waals surface area contributed by atoms with Crippen molar-refractivity contribution in [1.29, 1.82) is 0 Å². The maximum absolute atomic E-state index is 14.4. The van der Waals surface area contributed by atoms with Crippen LogP contribution < -0.4 is 10.5 Å². The molecular weight excluding hydrogens is 671 g/mol. The number of rotatable bonds is 10. The van der Waals surface area contributed by atoms with Gasteiger partial charge in [-0.05, 0) is 73.9 Å². The average molecular weight is 718 g/mol. The van der Waals surface area contributed by atoms with Crippen LogP contribution in [0.2, 0.25) is 0 Å². The number of nitrogens with two attached hydrogens (primary N) is 1. The third-order valence-electron chi connectivity index (χ3n) is 11.3. The van der Waals surface area contributed by atoms with Gasteiger partial charge in [-0.1, -0.05) is 30.3 Å². The molecule has 2 aromatic carbocycles. The number of piperidine rings is 1. The van der Waals surface area contributed by atoms with Crippen LogP contribution in [0.15, 0.2) is 66.1 Å². The van der Waals surface area contributed by atoms with Gasteiger partial charge in [-0.3, -0.25) is 9.69 Å². The molecule has 0 spiro atoms. The van der Waals surface area contributed by atoms with Crippen molar-refractivity contribution in [2.75, 3.05) is 26.2 Å². The van der Waals surface area contributed by atoms with E-state index in [-0.39, 0.29) is 80.3 Å². The Balaban J connectivity index is 1.14. The average Bonchev–Trinajstić information content (AvgIpc) is 3.52. The van der Waals surface area contributed by atoms with Crippen LogP contribution in [0.5, 0.6) is 0 Å². The Morgan fingerprint density at radius 1 is 1.06 bits per heavy atom. The molecule has 0 radical (unpaired) electrons. The van der Waals surface area contributed by atoms with Crippen LogP contribution in [0, 0.1) is 17.7 Å². The molecule has 3 heterocycles. The van der Waals surface area contributed by atoms with E-state index in [9.17, 15) is 36.3 Å². The number of alkyl halides is 2. The molecule has 50 heavy (non-hydrogen) atoms. The largest absolute Gasteiger partial charge is 0.383 e. The summed E-state index contributed by atoms with van der Waals surface area (Å²) < 4.78 is 65.3. The number of amides is 3. The quantitative estimate of drug-likeness (QED) is 0.313. The van der Waals surface area contributed by atoms with Gasteiger partial charge in [0.15, 0.2) is 0 Å². The van der Waals surface area contributed by atoms with E-state index in [0.29, 0.717) is 31.5 Å². The SMILES string of the molecule is C=CCN(C(=O)NCc1ccc(S(N)(=O)=O)cc1)C1CC2CCC(C1)N2C[C@H]1CN(C(=O)C2CCC(F)(F)CC2)C[C@]1(O)c1cccc(F)c1. The molecule has 3 amide bonds. The van der Waals surface area contributed by atoms with Crippen molar-refractivity contribution >= 4 is 22.0 Å². The van der Waals surface area contributed by atoms with E-state index >= 15 is 0 Å². The second kappa shape index (κ2) is 14.3. The van der Waals surface area contributed by atoms with Gasteiger partial charge in [-0.2, -0.15) is 0 Å². The Morgan fingerprint density at radius 2 is 1.72 bits per heavy atom. The number of aliphatic hydroxyl groups is 1. The van der Waals surface area contributed by atoms with Crippen LogP contribution in [-0.4, -0.2) is 90.4 Å². The number of halogens is 3. The maximum atomic E-state index is 14.4. The number of carbonyl (C=O) groups excluding carboxylic acids is 2. The van der Waals surface area contributed by atoms with E-state index in [0.717, 1.165) is 18.4 Å². The summed E-state index contributed by atoms with van der Waals surface area (Å²) in [6, 6.07) is 11.7. The molecule has 10 nitrogen and oxygen atoms in total. The molecule has 3 aliphatic heterocycles. The fourth-order valence-electron chi connectivity index (χ4n) is 8.57. The number of benzene rings is 2. The standard InChI is InChI=1S/C36H46F3N5O5S/c1-2-16-43(34(46)41-20-24-6-10-32(11-7-24)50(40,48)49)31-18-29-8-9-30(19-31)44(29)22-27-21-42(33(45)25-12-14-35(38,39)15-13-25)23-36(27,47)26-4-3-5-28(37)17-26/h2-7,10-11,17,25,27,29-31,47H,1,8-9,12-16,18-23H2,(H,41,46)(H2,40,48,49)/t27-,29?,30?,31?,36+/m1/s1. The summed E-state index contributed by atoms with van der Waals surface area (Å²) >= 11 is 0. The minimum Gasteiger partial charge on any atom is -0.383 e. The van der Waals surface area contributed by atoms with Gasteiger partial charge in [0.05, 0.1) is 11.4 Å². The molecule has 6 rings (SSSR count). The number of hydrogen-bond acceptors (Lipinski definition) is 6. The van der Waals surface area contributed by atoms with E-state index in [2.05, 4.69) is 16.8 Å². The molecule has 14 heteroatoms. The number of hydrogen-bond donors (Lipinski definition) is 3. The van der Waals surface area contributed by atoms with Crippen LogP contribution in [-0.2, 0) is 27.0 Å². The first-order valence-corrected chi connectivity index (χ1v) is 18.9. The number of sulfonamides is 1. The first-order valence-electron chi connectivity index (χ1n) is 17.3. The number of primary sulfonamides is 1. The van der Waals surface area contributed by atoms with Gasteiger partial charge in [0.1, 0.15) is 11.4 Å². The van der Waals surface area contributed by atoms with Crippen LogP contribution in [0.25, 0.3) is 0 Å². The lowest BCUT2D eigenvalue weighted by molar-refractivity contribution is -0.139. The van der Waals surface area contributed by atoms with Gasteiger partial charge in [0, 0.05) is 69.0 Å². The molecule has 4 fully saturated rings. The predicted octanol–water partition coefficient (Wildman–Crippen LogP) is 4.34. The Labute approximate surface area is 291 Å². The second-order valence-corrected chi connectivity index (χ2v) is 16.0. The maximum Gasteiger partial charge on any atom is 0.318 e. The second-order valence-electron chi connectivity index (χ2n) is 14.5. The number of nitrogens with zero attached hydrogens (tertiary/aromatic N) is 3. The lowest BCUT2D eigenvalue weighted by Crippen LogP contribution is -2.55. The van der Waals surface area contributed by atoms with Crippen LogP contribution in [0.4, 0.5) is 18.0 Å². The summed E-state index contributed by atoms with van der Waals surface area (Å²) in [6.07, 6.45) is 4.44. The molecule has 4 aliphatic rings. The summed E-state index contributed by atoms with van der Waals surface area (Å²) in [6.45, 7) is 5.06. The lowest BCUT2D eigenvalue weighted by Gasteiger charge is -2.45. The van der Waals surface area contributed by atoms with Crippen molar-refractivity contribution < 1.29 is 36.3 Å². The van der Waals surface area contributed by atoms with Crippen molar-refractivity contribution in [1.82, 2.24) is 20.0 Å². The third-order valence-corrected chi connectivity index (χ3v) is 12.2. The van der Waals surface area contributed by atoms with Gasteiger partial charge in [-0.25, -0.2) is 31.5 Å². The van der Waals surface area contributed by atoms with E-state index in [1.807, 2.05) is 0 Å². The highest BCUT2D eigenvalue weighted by molar-refractivity contribution is 7.89. The first kappa shape index (κ1) is 36.3. The van der Waals surface area contributed by atoms with Gasteiger partial charge >= 0.3 is 6.03 Å². The van der Waals surface area contributed by atoms with E-state index in [1.54, 1.807) is 40.1 Å². The molecule has 0 aromatic heterocycles. The normalized spacial score (nSPS) is 28.4. The van der Waals surface area contributed by atoms with Crippen molar-refractivity contribution in [3.63, 3.8) is 0 Å². The summed E-state index contributed by atoms with van der Waals surface area (Å²) in [7, 11) is -3.82. The molecule has 2 aromatic rings. The predicted molar refractivity (Wildman–Crippen MR) is 181 cm³/mol. The van der Waals surface area contributed by atoms with Crippen molar-refractivity contribution in [3.05, 3.63) is 78.1 Å². The summed E-state index contributed by atoms with van der Waals surface area (Å²) in [5.74, 6) is -4.45. The lowest BCUT2D eigenvalue weighted by atomic mass is 9.82. The van der Waals surface area contributed by atoms with E-state index in [1.165, 1.54) is 24.3 Å². The highest BCUT2D eigenvalue weighted by atomic mass is 32.2. The van der Waals surface area contributed by atoms with E-state index < -0.39 is 39.2 Å². The number of urea groups is 1. The van der Waals surface area contributed by atoms with Gasteiger partial charge < -0.3 is 20.2 Å². The van der Waals surface area contributed by atoms with Crippen molar-refractivity contribution in [2.45, 2.75) is 92.5 Å². The van der Waals surface area contributed by atoms with Gasteiger partial charge in [0.25, 0.3) is 0 Å². The zero-order valence-electron chi connectivity index (χ0n) is 28.0. The minimum atomic E-state index is -3.82. The Kier molecular flexibility index (Phi) is 10.4. The summed E-state index contributed by atoms with van der Waals surface area (Å²) in [5, 5.41) is 20.4. The smallest absolute Gasteiger partial charge is 0.318 e. The summed E-state index contributed by atoms with van der Waals surface area (Å²) in [5.41, 5.74) is -0.410. The van der Waals surface area contributed by atoms with Crippen LogP contribution in [0.1, 0.15) is 62.5 Å². The minimum absolute atomic E-state index is 0.00838. The third kappa shape index (κ3) is 7.73.